The van der Waals surface area contributed by atoms with Crippen molar-refractivity contribution in [3.05, 3.63) is 102 Å². The highest BCUT2D eigenvalue weighted by atomic mass is 16.4. The van der Waals surface area contributed by atoms with Crippen molar-refractivity contribution in [2.75, 3.05) is 0 Å². The smallest absolute Gasteiger partial charge is 0.305 e. The van der Waals surface area contributed by atoms with E-state index in [1.54, 1.807) is 29.4 Å². The van der Waals surface area contributed by atoms with E-state index < -0.39 is 41.7 Å². The predicted octanol–water partition coefficient (Wildman–Crippen LogP) is 2.89. The quantitative estimate of drug-likeness (QED) is 0.252. The maximum atomic E-state index is 14.2. The summed E-state index contributed by atoms with van der Waals surface area (Å²) in [5.41, 5.74) is 2.37. The SMILES string of the molecule is O=C(O)C[C@H](Cc1ccccc1)NC(=O)[C@H](Cc1cccnc1)C(=O)[C@@H]1CC[C@@H]2CC[C@H](NC(=O)Cc3ccccc3)C(=O)N21. The Morgan fingerprint density at radius 2 is 1.51 bits per heavy atom. The first kappa shape index (κ1) is 31.6. The van der Waals surface area contributed by atoms with E-state index in [1.807, 2.05) is 60.7 Å². The average molecular weight is 611 g/mol. The summed E-state index contributed by atoms with van der Waals surface area (Å²) in [4.78, 5) is 72.0. The summed E-state index contributed by atoms with van der Waals surface area (Å²) in [5.74, 6) is -3.77. The summed E-state index contributed by atoms with van der Waals surface area (Å²) >= 11 is 0. The number of benzene rings is 2. The lowest BCUT2D eigenvalue weighted by molar-refractivity contribution is -0.148. The van der Waals surface area contributed by atoms with E-state index in [-0.39, 0.29) is 43.5 Å². The molecule has 10 nitrogen and oxygen atoms in total. The number of nitrogens with one attached hydrogen (secondary N) is 2. The van der Waals surface area contributed by atoms with Crippen molar-refractivity contribution in [1.29, 1.82) is 0 Å². The molecular formula is C35H38N4O6. The van der Waals surface area contributed by atoms with Crippen LogP contribution in [0.2, 0.25) is 0 Å². The van der Waals surface area contributed by atoms with E-state index in [1.165, 1.54) is 0 Å². The molecule has 10 heteroatoms. The number of amides is 3. The van der Waals surface area contributed by atoms with Crippen molar-refractivity contribution in [2.24, 2.45) is 5.92 Å². The summed E-state index contributed by atoms with van der Waals surface area (Å²) in [6.07, 6.45) is 5.54. The second-order valence-corrected chi connectivity index (χ2v) is 11.9. The number of aliphatic carboxylic acids is 1. The molecule has 0 unspecified atom stereocenters. The maximum absolute atomic E-state index is 14.2. The van der Waals surface area contributed by atoms with Gasteiger partial charge in [0.2, 0.25) is 17.7 Å². The number of pyridine rings is 1. The van der Waals surface area contributed by atoms with Crippen molar-refractivity contribution in [1.82, 2.24) is 20.5 Å². The van der Waals surface area contributed by atoms with Crippen LogP contribution in [0.5, 0.6) is 0 Å². The highest BCUT2D eigenvalue weighted by Gasteiger charge is 2.48. The van der Waals surface area contributed by atoms with Gasteiger partial charge in [-0.1, -0.05) is 66.7 Å². The molecule has 2 aliphatic rings. The van der Waals surface area contributed by atoms with E-state index >= 15 is 0 Å². The number of fused-ring (bicyclic) bond motifs is 1. The van der Waals surface area contributed by atoms with Gasteiger partial charge in [-0.15, -0.1) is 0 Å². The Hall–Kier alpha value is -4.86. The van der Waals surface area contributed by atoms with E-state index in [9.17, 15) is 29.1 Å². The van der Waals surface area contributed by atoms with Gasteiger partial charge in [0, 0.05) is 24.5 Å². The Bertz CT molecular complexity index is 1500. The summed E-state index contributed by atoms with van der Waals surface area (Å²) in [7, 11) is 0. The highest BCUT2D eigenvalue weighted by molar-refractivity contribution is 6.06. The Labute approximate surface area is 262 Å². The molecule has 0 spiro atoms. The highest BCUT2D eigenvalue weighted by Crippen LogP contribution is 2.34. The van der Waals surface area contributed by atoms with Crippen LogP contribution >= 0.6 is 0 Å². The summed E-state index contributed by atoms with van der Waals surface area (Å²) in [6, 6.07) is 19.6. The van der Waals surface area contributed by atoms with Crippen LogP contribution in [0, 0.1) is 5.92 Å². The van der Waals surface area contributed by atoms with Gasteiger partial charge in [0.1, 0.15) is 12.0 Å². The predicted molar refractivity (Wildman–Crippen MR) is 166 cm³/mol. The normalized spacial score (nSPS) is 20.5. The molecule has 3 amide bonds. The van der Waals surface area contributed by atoms with Gasteiger partial charge in [0.05, 0.1) is 18.9 Å². The van der Waals surface area contributed by atoms with Gasteiger partial charge in [-0.2, -0.15) is 0 Å². The van der Waals surface area contributed by atoms with Gasteiger partial charge >= 0.3 is 5.97 Å². The van der Waals surface area contributed by atoms with Gasteiger partial charge < -0.3 is 20.6 Å². The van der Waals surface area contributed by atoms with Gasteiger partial charge in [-0.25, -0.2) is 0 Å². The number of aromatic nitrogens is 1. The lowest BCUT2D eigenvalue weighted by Crippen LogP contribution is -2.59. The second kappa shape index (κ2) is 14.7. The number of carbonyl (C=O) groups is 5. The third-order valence-electron chi connectivity index (χ3n) is 8.63. The van der Waals surface area contributed by atoms with Crippen LogP contribution in [-0.4, -0.2) is 68.6 Å². The number of carboxylic acids is 1. The number of carboxylic acid groups (broad SMARTS) is 1. The molecule has 5 rings (SSSR count). The molecule has 5 atom stereocenters. The van der Waals surface area contributed by atoms with Crippen LogP contribution in [0.3, 0.4) is 0 Å². The molecule has 0 aliphatic carbocycles. The zero-order chi connectivity index (χ0) is 31.8. The zero-order valence-electron chi connectivity index (χ0n) is 25.0. The van der Waals surface area contributed by atoms with Crippen LogP contribution in [0.15, 0.2) is 85.2 Å². The molecule has 0 bridgehead atoms. The van der Waals surface area contributed by atoms with Crippen LogP contribution < -0.4 is 10.6 Å². The van der Waals surface area contributed by atoms with Crippen LogP contribution in [0.25, 0.3) is 0 Å². The largest absolute Gasteiger partial charge is 0.481 e. The van der Waals surface area contributed by atoms with Crippen molar-refractivity contribution in [2.45, 2.75) is 75.5 Å². The van der Waals surface area contributed by atoms with Gasteiger partial charge in [-0.3, -0.25) is 29.0 Å². The van der Waals surface area contributed by atoms with Gasteiger partial charge in [0.15, 0.2) is 5.78 Å². The minimum atomic E-state index is -1.16. The fourth-order valence-electron chi connectivity index (χ4n) is 6.50. The molecule has 2 aromatic carbocycles. The van der Waals surface area contributed by atoms with Gasteiger partial charge in [0.25, 0.3) is 0 Å². The molecule has 0 radical (unpaired) electrons. The van der Waals surface area contributed by atoms with Crippen LogP contribution in [0.4, 0.5) is 0 Å². The number of rotatable bonds is 13. The second-order valence-electron chi connectivity index (χ2n) is 11.9. The minimum absolute atomic E-state index is 0.0596. The minimum Gasteiger partial charge on any atom is -0.481 e. The monoisotopic (exact) mass is 610 g/mol. The summed E-state index contributed by atoms with van der Waals surface area (Å²) in [5, 5.41) is 15.3. The van der Waals surface area contributed by atoms with Crippen molar-refractivity contribution in [3.63, 3.8) is 0 Å². The average Bonchev–Trinajstić information content (AvgIpc) is 3.47. The van der Waals surface area contributed by atoms with Crippen LogP contribution in [0.1, 0.15) is 48.8 Å². The first-order valence-electron chi connectivity index (χ1n) is 15.4. The zero-order valence-corrected chi connectivity index (χ0v) is 25.0. The molecule has 45 heavy (non-hydrogen) atoms. The molecule has 0 saturated carbocycles. The standard InChI is InChI=1S/C35H38N4O6/c40-31(20-24-10-5-2-6-11-24)38-29-15-13-27-14-16-30(39(27)35(29)45)33(43)28(19-25-12-7-17-36-22-25)34(44)37-26(21-32(41)42)18-23-8-3-1-4-9-23/h1-12,17,22,26-30H,13-16,18-21H2,(H,37,44)(H,38,40)(H,41,42)/t26-,27-,28+,29-,30-/m0/s1. The first-order chi connectivity index (χ1) is 21.8. The lowest BCUT2D eigenvalue weighted by atomic mass is 9.89. The molecule has 3 aromatic rings. The third-order valence-corrected chi connectivity index (χ3v) is 8.63. The van der Waals surface area contributed by atoms with E-state index in [2.05, 4.69) is 15.6 Å². The summed E-state index contributed by atoms with van der Waals surface area (Å²) < 4.78 is 0. The first-order valence-corrected chi connectivity index (χ1v) is 15.4. The number of ketones is 1. The van der Waals surface area contributed by atoms with E-state index in [0.717, 1.165) is 11.1 Å². The molecule has 3 heterocycles. The van der Waals surface area contributed by atoms with Crippen molar-refractivity contribution in [3.8, 4) is 0 Å². The van der Waals surface area contributed by atoms with Crippen LogP contribution in [-0.2, 0) is 43.2 Å². The molecule has 2 saturated heterocycles. The Balaban J connectivity index is 1.33. The van der Waals surface area contributed by atoms with E-state index in [0.29, 0.717) is 31.2 Å². The maximum Gasteiger partial charge on any atom is 0.305 e. The Morgan fingerprint density at radius 1 is 0.844 bits per heavy atom. The van der Waals surface area contributed by atoms with E-state index in [4.69, 9.17) is 0 Å². The third kappa shape index (κ3) is 8.20. The number of hydrogen-bond donors (Lipinski definition) is 3. The summed E-state index contributed by atoms with van der Waals surface area (Å²) in [6.45, 7) is 0. The molecule has 1 aromatic heterocycles. The number of nitrogens with zero attached hydrogens (tertiary/aromatic N) is 2. The van der Waals surface area contributed by atoms with Crippen molar-refractivity contribution >= 4 is 29.5 Å². The molecular weight excluding hydrogens is 572 g/mol. The number of hydrogen-bond acceptors (Lipinski definition) is 6. The lowest BCUT2D eigenvalue weighted by Gasteiger charge is -2.38. The number of Topliss-reactive ketones (excluding diaryl/α,β-unsaturated/α-hetero) is 1. The molecule has 3 N–H and O–H groups in total. The Kier molecular flexibility index (Phi) is 10.3. The topological polar surface area (TPSA) is 146 Å². The molecule has 234 valence electrons. The van der Waals surface area contributed by atoms with Gasteiger partial charge in [-0.05, 0) is 61.3 Å². The molecule has 2 fully saturated rings. The molecule has 2 aliphatic heterocycles. The fraction of sp³-hybridized carbons (Fsp3) is 0.371. The fourth-order valence-corrected chi connectivity index (χ4v) is 6.50. The van der Waals surface area contributed by atoms with Crippen molar-refractivity contribution < 1.29 is 29.1 Å². The number of carbonyl (C=O) groups excluding carboxylic acids is 4. The number of piperidine rings is 1. The Morgan fingerprint density at radius 3 is 2.18 bits per heavy atom.